The number of hydrogen-bond acceptors (Lipinski definition) is 5. The van der Waals surface area contributed by atoms with Crippen molar-refractivity contribution in [1.82, 2.24) is 4.90 Å². The van der Waals surface area contributed by atoms with Gasteiger partial charge in [0.1, 0.15) is 5.76 Å². The monoisotopic (exact) mass is 463 g/mol. The molecule has 1 aliphatic rings. The highest BCUT2D eigenvalue weighted by molar-refractivity contribution is 6.46. The third-order valence-electron chi connectivity index (χ3n) is 5.66. The molecule has 0 aromatic heterocycles. The fourth-order valence-corrected chi connectivity index (χ4v) is 4.10. The van der Waals surface area contributed by atoms with Gasteiger partial charge in [0, 0.05) is 17.1 Å². The molecule has 0 radical (unpaired) electrons. The quantitative estimate of drug-likeness (QED) is 0.314. The Kier molecular flexibility index (Phi) is 6.38. The molecule has 6 nitrogen and oxygen atoms in total. The average Bonchev–Trinajstić information content (AvgIpc) is 3.08. The number of methoxy groups -OCH3 is 1. The minimum Gasteiger partial charge on any atom is -0.507 e. The van der Waals surface area contributed by atoms with E-state index in [4.69, 9.17) is 16.3 Å². The Morgan fingerprint density at radius 3 is 2.39 bits per heavy atom. The second kappa shape index (κ2) is 9.38. The molecule has 1 fully saturated rings. The Bertz CT molecular complexity index is 1220. The summed E-state index contributed by atoms with van der Waals surface area (Å²) in [6, 6.07) is 19.8. The summed E-state index contributed by atoms with van der Waals surface area (Å²) in [6.07, 6.45) is 0.528. The Morgan fingerprint density at radius 1 is 1.03 bits per heavy atom. The zero-order valence-electron chi connectivity index (χ0n) is 17.9. The lowest BCUT2D eigenvalue weighted by molar-refractivity contribution is -0.139. The topological polar surface area (TPSA) is 87.1 Å². The fourth-order valence-electron chi connectivity index (χ4n) is 3.98. The zero-order valence-corrected chi connectivity index (χ0v) is 18.6. The van der Waals surface area contributed by atoms with Gasteiger partial charge in [-0.05, 0) is 53.9 Å². The molecular formula is C26H22ClNO5. The number of hydrogen-bond donors (Lipinski definition) is 2. The largest absolute Gasteiger partial charge is 0.507 e. The minimum atomic E-state index is -0.848. The van der Waals surface area contributed by atoms with Crippen molar-refractivity contribution < 1.29 is 24.5 Å². The number of amides is 1. The van der Waals surface area contributed by atoms with E-state index < -0.39 is 17.7 Å². The van der Waals surface area contributed by atoms with Crippen molar-refractivity contribution in [3.8, 4) is 11.5 Å². The molecule has 1 saturated heterocycles. The van der Waals surface area contributed by atoms with E-state index >= 15 is 0 Å². The van der Waals surface area contributed by atoms with Crippen molar-refractivity contribution in [3.05, 3.63) is 100 Å². The number of aliphatic hydroxyl groups is 1. The first-order valence-electron chi connectivity index (χ1n) is 10.4. The van der Waals surface area contributed by atoms with Crippen molar-refractivity contribution in [2.45, 2.75) is 12.5 Å². The van der Waals surface area contributed by atoms with Crippen LogP contribution in [0.15, 0.2) is 78.4 Å². The van der Waals surface area contributed by atoms with Gasteiger partial charge >= 0.3 is 0 Å². The van der Waals surface area contributed by atoms with Crippen LogP contribution in [0.5, 0.6) is 11.5 Å². The van der Waals surface area contributed by atoms with Crippen LogP contribution in [-0.2, 0) is 16.0 Å². The Labute approximate surface area is 196 Å². The third kappa shape index (κ3) is 4.43. The van der Waals surface area contributed by atoms with E-state index in [1.54, 1.807) is 36.4 Å². The number of aliphatic hydroxyl groups excluding tert-OH is 1. The first-order valence-corrected chi connectivity index (χ1v) is 10.7. The van der Waals surface area contributed by atoms with Crippen LogP contribution < -0.4 is 4.74 Å². The molecule has 3 aromatic carbocycles. The number of phenolic OH excluding ortho intramolecular Hbond substituents is 1. The summed E-state index contributed by atoms with van der Waals surface area (Å²) in [5.41, 5.74) is 1.89. The number of phenols is 1. The molecule has 0 bridgehead atoms. The van der Waals surface area contributed by atoms with E-state index in [-0.39, 0.29) is 29.4 Å². The number of likely N-dealkylation sites (tertiary alicyclic amines) is 1. The van der Waals surface area contributed by atoms with E-state index in [0.29, 0.717) is 22.6 Å². The lowest BCUT2D eigenvalue weighted by atomic mass is 9.95. The Hall–Kier alpha value is -3.77. The Morgan fingerprint density at radius 2 is 1.73 bits per heavy atom. The molecule has 7 heteroatoms. The molecule has 168 valence electrons. The SMILES string of the molecule is COc1cc(C2C(=C(O)c3ccc(Cl)cc3)C(=O)C(=O)N2CCc2ccccc2)ccc1O. The van der Waals surface area contributed by atoms with Crippen LogP contribution in [-0.4, -0.2) is 40.5 Å². The molecule has 3 aromatic rings. The maximum absolute atomic E-state index is 13.1. The van der Waals surface area contributed by atoms with Crippen molar-refractivity contribution in [2.75, 3.05) is 13.7 Å². The number of aromatic hydroxyl groups is 1. The molecule has 4 rings (SSSR count). The molecule has 0 aliphatic carbocycles. The van der Waals surface area contributed by atoms with Crippen molar-refractivity contribution >= 4 is 29.1 Å². The summed E-state index contributed by atoms with van der Waals surface area (Å²) >= 11 is 5.96. The number of ether oxygens (including phenoxy) is 1. The standard InChI is InChI=1S/C26H22ClNO5/c1-33-21-15-18(9-12-20(21)29)23-22(24(30)17-7-10-19(27)11-8-17)25(31)26(32)28(23)14-13-16-5-3-2-4-6-16/h2-12,15,23,29-30H,13-14H2,1H3. The number of rotatable bonds is 6. The number of ketones is 1. The highest BCUT2D eigenvalue weighted by Gasteiger charge is 2.46. The molecule has 1 amide bonds. The lowest BCUT2D eigenvalue weighted by Gasteiger charge is -2.26. The van der Waals surface area contributed by atoms with Crippen LogP contribution in [0, 0.1) is 0 Å². The molecule has 0 saturated carbocycles. The van der Waals surface area contributed by atoms with Gasteiger partial charge in [-0.25, -0.2) is 0 Å². The van der Waals surface area contributed by atoms with Crippen molar-refractivity contribution in [3.63, 3.8) is 0 Å². The number of nitrogens with zero attached hydrogens (tertiary/aromatic N) is 1. The minimum absolute atomic E-state index is 0.0249. The molecule has 1 atom stereocenters. The first kappa shape index (κ1) is 22.4. The first-order chi connectivity index (χ1) is 15.9. The van der Waals surface area contributed by atoms with E-state index in [1.165, 1.54) is 18.1 Å². The number of benzene rings is 3. The fraction of sp³-hybridized carbons (Fsp3) is 0.154. The molecule has 2 N–H and O–H groups in total. The van der Waals surface area contributed by atoms with Crippen LogP contribution in [0.3, 0.4) is 0 Å². The van der Waals surface area contributed by atoms with Crippen molar-refractivity contribution in [1.29, 1.82) is 0 Å². The predicted octanol–water partition coefficient (Wildman–Crippen LogP) is 4.72. The smallest absolute Gasteiger partial charge is 0.295 e. The van der Waals surface area contributed by atoms with Crippen molar-refractivity contribution in [2.24, 2.45) is 0 Å². The maximum atomic E-state index is 13.1. The second-order valence-corrected chi connectivity index (χ2v) is 8.10. The summed E-state index contributed by atoms with van der Waals surface area (Å²) in [4.78, 5) is 27.6. The lowest BCUT2D eigenvalue weighted by Crippen LogP contribution is -2.31. The van der Waals surface area contributed by atoms with Crippen LogP contribution in [0.1, 0.15) is 22.7 Å². The number of carbonyl (C=O) groups excluding carboxylic acids is 2. The average molecular weight is 464 g/mol. The molecular weight excluding hydrogens is 442 g/mol. The number of halogens is 1. The van der Waals surface area contributed by atoms with Crippen LogP contribution in [0.4, 0.5) is 0 Å². The summed E-state index contributed by atoms with van der Waals surface area (Å²) in [6.45, 7) is 0.264. The van der Waals surface area contributed by atoms with E-state index in [9.17, 15) is 19.8 Å². The van der Waals surface area contributed by atoms with Gasteiger partial charge in [0.15, 0.2) is 11.5 Å². The van der Waals surface area contributed by atoms with Crippen LogP contribution >= 0.6 is 11.6 Å². The molecule has 33 heavy (non-hydrogen) atoms. The molecule has 0 spiro atoms. The van der Waals surface area contributed by atoms with E-state index in [2.05, 4.69) is 0 Å². The second-order valence-electron chi connectivity index (χ2n) is 7.67. The van der Waals surface area contributed by atoms with E-state index in [1.807, 2.05) is 30.3 Å². The van der Waals surface area contributed by atoms with Crippen LogP contribution in [0.25, 0.3) is 5.76 Å². The molecule has 1 unspecified atom stereocenters. The Balaban J connectivity index is 1.82. The van der Waals surface area contributed by atoms with Gasteiger partial charge in [0.2, 0.25) is 0 Å². The number of Topliss-reactive ketones (excluding diaryl/α,β-unsaturated/α-hetero) is 1. The summed E-state index contributed by atoms with van der Waals surface area (Å²) < 4.78 is 5.23. The normalized spacial score (nSPS) is 17.4. The number of carbonyl (C=O) groups is 2. The summed E-state index contributed by atoms with van der Waals surface area (Å²) in [7, 11) is 1.42. The van der Waals surface area contributed by atoms with E-state index in [0.717, 1.165) is 5.56 Å². The summed E-state index contributed by atoms with van der Waals surface area (Å²) in [5, 5.41) is 21.6. The molecule has 1 heterocycles. The van der Waals surface area contributed by atoms with Crippen LogP contribution in [0.2, 0.25) is 5.02 Å². The van der Waals surface area contributed by atoms with Gasteiger partial charge in [-0.3, -0.25) is 9.59 Å². The highest BCUT2D eigenvalue weighted by Crippen LogP contribution is 2.41. The van der Waals surface area contributed by atoms with Gasteiger partial charge in [-0.1, -0.05) is 48.0 Å². The zero-order chi connectivity index (χ0) is 23.5. The van der Waals surface area contributed by atoms with Gasteiger partial charge < -0.3 is 19.8 Å². The molecule has 1 aliphatic heterocycles. The van der Waals surface area contributed by atoms with Gasteiger partial charge in [0.25, 0.3) is 11.7 Å². The third-order valence-corrected chi connectivity index (χ3v) is 5.91. The highest BCUT2D eigenvalue weighted by atomic mass is 35.5. The van der Waals surface area contributed by atoms with Gasteiger partial charge in [-0.15, -0.1) is 0 Å². The summed E-state index contributed by atoms with van der Waals surface area (Å²) in [5.74, 6) is -1.62. The van der Waals surface area contributed by atoms with Gasteiger partial charge in [-0.2, -0.15) is 0 Å². The predicted molar refractivity (Wildman–Crippen MR) is 125 cm³/mol. The van der Waals surface area contributed by atoms with Gasteiger partial charge in [0.05, 0.1) is 18.7 Å². The maximum Gasteiger partial charge on any atom is 0.295 e.